The molecule has 2 rings (SSSR count). The lowest BCUT2D eigenvalue weighted by Gasteiger charge is -2.03. The summed E-state index contributed by atoms with van der Waals surface area (Å²) in [6.45, 7) is 2.05. The lowest BCUT2D eigenvalue weighted by atomic mass is 10.2. The molecule has 1 N–H and O–H groups in total. The third kappa shape index (κ3) is 3.31. The molecule has 1 aromatic heterocycles. The predicted molar refractivity (Wildman–Crippen MR) is 69.7 cm³/mol. The summed E-state index contributed by atoms with van der Waals surface area (Å²) in [5.74, 6) is 0.472. The second kappa shape index (κ2) is 5.33. The van der Waals surface area contributed by atoms with Crippen LogP contribution in [0.1, 0.15) is 5.56 Å². The van der Waals surface area contributed by atoms with Crippen LogP contribution in [-0.4, -0.2) is 22.0 Å². The molecule has 0 atom stereocenters. The van der Waals surface area contributed by atoms with Crippen molar-refractivity contribution in [3.63, 3.8) is 0 Å². The number of nitrogens with one attached hydrogen (secondary N) is 1. The van der Waals surface area contributed by atoms with Crippen molar-refractivity contribution in [2.45, 2.75) is 17.0 Å². The van der Waals surface area contributed by atoms with Crippen molar-refractivity contribution in [3.05, 3.63) is 35.1 Å². The van der Waals surface area contributed by atoms with Crippen molar-refractivity contribution in [2.24, 2.45) is 0 Å². The molecule has 0 spiro atoms. The number of halogens is 1. The van der Waals surface area contributed by atoms with E-state index in [0.717, 1.165) is 4.90 Å². The zero-order chi connectivity index (χ0) is 12.3. The van der Waals surface area contributed by atoms with Gasteiger partial charge in [-0.15, -0.1) is 0 Å². The third-order valence-electron chi connectivity index (χ3n) is 2.01. The second-order valence-electron chi connectivity index (χ2n) is 3.38. The number of hydrogen-bond acceptors (Lipinski definition) is 5. The predicted octanol–water partition coefficient (Wildman–Crippen LogP) is 3.03. The van der Waals surface area contributed by atoms with Gasteiger partial charge in [0.05, 0.1) is 0 Å². The van der Waals surface area contributed by atoms with Crippen LogP contribution in [0.25, 0.3) is 0 Å². The summed E-state index contributed by atoms with van der Waals surface area (Å²) < 4.78 is 0. The van der Waals surface area contributed by atoms with Gasteiger partial charge in [0, 0.05) is 11.9 Å². The first-order valence-corrected chi connectivity index (χ1v) is 6.20. The van der Waals surface area contributed by atoms with Gasteiger partial charge in [-0.05, 0) is 42.4 Å². The normalized spacial score (nSPS) is 10.3. The highest BCUT2D eigenvalue weighted by Crippen LogP contribution is 2.26. The maximum atomic E-state index is 5.81. The molecule has 0 saturated carbocycles. The van der Waals surface area contributed by atoms with Crippen LogP contribution in [0.3, 0.4) is 0 Å². The number of anilines is 1. The number of rotatable bonds is 3. The van der Waals surface area contributed by atoms with E-state index in [1.165, 1.54) is 17.3 Å². The molecule has 0 radical (unpaired) electrons. The lowest BCUT2D eigenvalue weighted by Crippen LogP contribution is -1.99. The van der Waals surface area contributed by atoms with Gasteiger partial charge in [0.1, 0.15) is 0 Å². The first-order valence-electron chi connectivity index (χ1n) is 5.01. The van der Waals surface area contributed by atoms with Gasteiger partial charge >= 0.3 is 0 Å². The summed E-state index contributed by atoms with van der Waals surface area (Å²) in [7, 11) is 1.74. The summed E-state index contributed by atoms with van der Waals surface area (Å²) in [6.07, 6.45) is 0. The maximum absolute atomic E-state index is 5.81. The van der Waals surface area contributed by atoms with E-state index in [0.29, 0.717) is 11.1 Å². The maximum Gasteiger partial charge on any atom is 0.228 e. The number of aromatic nitrogens is 3. The molecule has 4 nitrogen and oxygen atoms in total. The van der Waals surface area contributed by atoms with Gasteiger partial charge in [0.2, 0.25) is 11.2 Å². The van der Waals surface area contributed by atoms with Crippen LogP contribution in [0.15, 0.2) is 34.3 Å². The first-order chi connectivity index (χ1) is 8.17. The average Bonchev–Trinajstić information content (AvgIpc) is 2.28. The minimum atomic E-state index is 0.194. The van der Waals surface area contributed by atoms with Crippen molar-refractivity contribution >= 4 is 29.3 Å². The smallest absolute Gasteiger partial charge is 0.228 e. The summed E-state index contributed by atoms with van der Waals surface area (Å²) >= 11 is 7.27. The van der Waals surface area contributed by atoms with E-state index in [2.05, 4.69) is 26.3 Å². The Labute approximate surface area is 109 Å². The summed E-state index contributed by atoms with van der Waals surface area (Å²) in [4.78, 5) is 13.3. The second-order valence-corrected chi connectivity index (χ2v) is 4.76. The van der Waals surface area contributed by atoms with Crippen LogP contribution in [0.5, 0.6) is 0 Å². The molecule has 0 fully saturated rings. The molecule has 1 heterocycles. The van der Waals surface area contributed by atoms with Crippen molar-refractivity contribution in [1.29, 1.82) is 0 Å². The highest BCUT2D eigenvalue weighted by molar-refractivity contribution is 7.99. The number of benzene rings is 1. The fourth-order valence-corrected chi connectivity index (χ4v) is 2.35. The SMILES string of the molecule is CNc1nc(Cl)nc(Sc2cccc(C)c2)n1. The Morgan fingerprint density at radius 3 is 2.76 bits per heavy atom. The Balaban J connectivity index is 2.26. The standard InChI is InChI=1S/C11H11ClN4S/c1-7-4-3-5-8(6-7)17-11-15-9(12)14-10(13-2)16-11/h3-6H,1-2H3,(H,13,14,15,16). The van der Waals surface area contributed by atoms with Crippen molar-refractivity contribution in [2.75, 3.05) is 12.4 Å². The average molecular weight is 267 g/mol. The molecule has 17 heavy (non-hydrogen) atoms. The Morgan fingerprint density at radius 2 is 2.06 bits per heavy atom. The Kier molecular flexibility index (Phi) is 3.81. The van der Waals surface area contributed by atoms with Gasteiger partial charge < -0.3 is 5.32 Å². The quantitative estimate of drug-likeness (QED) is 0.925. The van der Waals surface area contributed by atoms with E-state index < -0.39 is 0 Å². The Morgan fingerprint density at radius 1 is 1.24 bits per heavy atom. The summed E-state index contributed by atoms with van der Waals surface area (Å²) in [5.41, 5.74) is 1.20. The van der Waals surface area contributed by atoms with Crippen molar-refractivity contribution in [3.8, 4) is 0 Å². The highest BCUT2D eigenvalue weighted by Gasteiger charge is 2.05. The van der Waals surface area contributed by atoms with Crippen LogP contribution in [0.4, 0.5) is 5.95 Å². The molecule has 0 aliphatic heterocycles. The summed E-state index contributed by atoms with van der Waals surface area (Å²) in [6, 6.07) is 8.12. The van der Waals surface area contributed by atoms with Gasteiger partial charge in [0.25, 0.3) is 0 Å². The number of hydrogen-bond donors (Lipinski definition) is 1. The molecule has 2 aromatic rings. The van der Waals surface area contributed by atoms with Gasteiger partial charge in [-0.3, -0.25) is 0 Å². The molecular weight excluding hydrogens is 256 g/mol. The van der Waals surface area contributed by atoms with Crippen LogP contribution < -0.4 is 5.32 Å². The van der Waals surface area contributed by atoms with Crippen molar-refractivity contribution < 1.29 is 0 Å². The van der Waals surface area contributed by atoms with E-state index in [1.807, 2.05) is 25.1 Å². The molecule has 0 amide bonds. The van der Waals surface area contributed by atoms with E-state index in [-0.39, 0.29) is 5.28 Å². The van der Waals surface area contributed by atoms with Crippen LogP contribution in [0.2, 0.25) is 5.28 Å². The van der Waals surface area contributed by atoms with Crippen LogP contribution in [0, 0.1) is 6.92 Å². The highest BCUT2D eigenvalue weighted by atomic mass is 35.5. The minimum absolute atomic E-state index is 0.194. The van der Waals surface area contributed by atoms with E-state index in [9.17, 15) is 0 Å². The van der Waals surface area contributed by atoms with Gasteiger partial charge in [0.15, 0.2) is 5.16 Å². The van der Waals surface area contributed by atoms with E-state index in [1.54, 1.807) is 7.05 Å². The number of nitrogens with zero attached hydrogens (tertiary/aromatic N) is 3. The third-order valence-corrected chi connectivity index (χ3v) is 3.03. The fourth-order valence-electron chi connectivity index (χ4n) is 1.27. The number of aryl methyl sites for hydroxylation is 1. The van der Waals surface area contributed by atoms with Gasteiger partial charge in [-0.2, -0.15) is 15.0 Å². The Bertz CT molecular complexity index is 533. The molecular formula is C11H11ClN4S. The molecule has 0 bridgehead atoms. The van der Waals surface area contributed by atoms with E-state index in [4.69, 9.17) is 11.6 Å². The molecule has 0 saturated heterocycles. The molecule has 0 unspecified atom stereocenters. The van der Waals surface area contributed by atoms with Gasteiger partial charge in [-0.25, -0.2) is 0 Å². The monoisotopic (exact) mass is 266 g/mol. The van der Waals surface area contributed by atoms with Crippen molar-refractivity contribution in [1.82, 2.24) is 15.0 Å². The topological polar surface area (TPSA) is 50.7 Å². The van der Waals surface area contributed by atoms with E-state index >= 15 is 0 Å². The Hall–Kier alpha value is -1.33. The molecule has 0 aliphatic carbocycles. The molecule has 6 heteroatoms. The summed E-state index contributed by atoms with van der Waals surface area (Å²) in [5, 5.41) is 3.62. The van der Waals surface area contributed by atoms with Gasteiger partial charge in [-0.1, -0.05) is 17.7 Å². The fraction of sp³-hybridized carbons (Fsp3) is 0.182. The zero-order valence-corrected chi connectivity index (χ0v) is 11.0. The molecule has 1 aromatic carbocycles. The van der Waals surface area contributed by atoms with Crippen LogP contribution in [-0.2, 0) is 0 Å². The van der Waals surface area contributed by atoms with Crippen LogP contribution >= 0.6 is 23.4 Å². The lowest BCUT2D eigenvalue weighted by molar-refractivity contribution is 0.908. The molecule has 0 aliphatic rings. The minimum Gasteiger partial charge on any atom is -0.357 e. The zero-order valence-electron chi connectivity index (χ0n) is 9.44. The largest absolute Gasteiger partial charge is 0.357 e. The first kappa shape index (κ1) is 12.1. The molecule has 88 valence electrons.